The molecule has 1 N–H and O–H groups in total. The number of nitrogens with one attached hydrogen (secondary N) is 1. The summed E-state index contributed by atoms with van der Waals surface area (Å²) in [5.41, 5.74) is 4.44. The molecular formula is C16H20N2O. The van der Waals surface area contributed by atoms with Gasteiger partial charge in [0.15, 0.2) is 0 Å². The molecule has 0 bridgehead atoms. The van der Waals surface area contributed by atoms with Crippen LogP contribution >= 0.6 is 0 Å². The van der Waals surface area contributed by atoms with E-state index >= 15 is 0 Å². The van der Waals surface area contributed by atoms with E-state index in [0.29, 0.717) is 6.04 Å². The van der Waals surface area contributed by atoms with Crippen LogP contribution in [-0.2, 0) is 19.4 Å². The van der Waals surface area contributed by atoms with Crippen LogP contribution in [0, 0.1) is 0 Å². The van der Waals surface area contributed by atoms with Gasteiger partial charge in [-0.15, -0.1) is 0 Å². The molecule has 100 valence electrons. The topological polar surface area (TPSA) is 38.1 Å². The lowest BCUT2D eigenvalue weighted by Crippen LogP contribution is -2.18. The zero-order valence-electron chi connectivity index (χ0n) is 11.4. The normalized spacial score (nSPS) is 16.1. The summed E-state index contributed by atoms with van der Waals surface area (Å²) in [6, 6.07) is 9.15. The molecule has 0 fully saturated rings. The van der Waals surface area contributed by atoms with Gasteiger partial charge in [0.05, 0.1) is 12.7 Å². The third kappa shape index (κ3) is 2.87. The number of hydrogen-bond donors (Lipinski definition) is 1. The largest absolute Gasteiger partial charge is 0.360 e. The summed E-state index contributed by atoms with van der Waals surface area (Å²) in [7, 11) is 0. The van der Waals surface area contributed by atoms with Crippen LogP contribution in [0.3, 0.4) is 0 Å². The number of aryl methyl sites for hydroxylation is 2. The fourth-order valence-electron chi connectivity index (χ4n) is 2.73. The predicted octanol–water partition coefficient (Wildman–Crippen LogP) is 3.40. The molecule has 1 aliphatic rings. The van der Waals surface area contributed by atoms with Crippen molar-refractivity contribution in [1.82, 2.24) is 10.5 Å². The van der Waals surface area contributed by atoms with Crippen LogP contribution in [-0.4, -0.2) is 5.16 Å². The van der Waals surface area contributed by atoms with Crippen LogP contribution in [0.5, 0.6) is 0 Å². The van der Waals surface area contributed by atoms with Crippen LogP contribution in [0.2, 0.25) is 0 Å². The smallest absolute Gasteiger partial charge is 0.150 e. The molecule has 3 nitrogen and oxygen atoms in total. The Morgan fingerprint density at radius 1 is 1.21 bits per heavy atom. The minimum atomic E-state index is 0.331. The Bertz CT molecular complexity index is 534. The average Bonchev–Trinajstić information content (AvgIpc) is 2.97. The fraction of sp³-hybridized carbons (Fsp3) is 0.438. The van der Waals surface area contributed by atoms with Crippen LogP contribution in [0.1, 0.15) is 48.3 Å². The van der Waals surface area contributed by atoms with E-state index in [9.17, 15) is 0 Å². The SMILES string of the molecule is CC(NCc1ccno1)c1ccc2c(c1)CCCC2. The molecule has 0 amide bonds. The Hall–Kier alpha value is -1.61. The van der Waals surface area contributed by atoms with Crippen molar-refractivity contribution < 1.29 is 4.52 Å². The molecule has 1 atom stereocenters. The van der Waals surface area contributed by atoms with E-state index in [1.54, 1.807) is 6.20 Å². The first-order valence-corrected chi connectivity index (χ1v) is 7.07. The zero-order chi connectivity index (χ0) is 13.1. The molecule has 0 saturated carbocycles. The number of benzene rings is 1. The van der Waals surface area contributed by atoms with Crippen LogP contribution in [0.15, 0.2) is 35.0 Å². The maximum atomic E-state index is 5.10. The average molecular weight is 256 g/mol. The Kier molecular flexibility index (Phi) is 3.65. The second-order valence-electron chi connectivity index (χ2n) is 5.32. The van der Waals surface area contributed by atoms with Gasteiger partial charge in [-0.2, -0.15) is 0 Å². The maximum absolute atomic E-state index is 5.10. The summed E-state index contributed by atoms with van der Waals surface area (Å²) < 4.78 is 5.10. The van der Waals surface area contributed by atoms with Crippen molar-refractivity contribution in [2.45, 2.75) is 45.2 Å². The van der Waals surface area contributed by atoms with Gasteiger partial charge in [0.25, 0.3) is 0 Å². The third-order valence-corrected chi connectivity index (χ3v) is 3.95. The molecule has 19 heavy (non-hydrogen) atoms. The van der Waals surface area contributed by atoms with E-state index in [1.807, 2.05) is 6.07 Å². The summed E-state index contributed by atoms with van der Waals surface area (Å²) in [5, 5.41) is 7.19. The Labute approximate surface area is 114 Å². The first kappa shape index (κ1) is 12.4. The molecule has 0 aliphatic heterocycles. The van der Waals surface area contributed by atoms with Gasteiger partial charge in [-0.25, -0.2) is 0 Å². The molecule has 0 spiro atoms. The summed E-state index contributed by atoms with van der Waals surface area (Å²) in [6.07, 6.45) is 6.83. The number of rotatable bonds is 4. The molecule has 1 heterocycles. The van der Waals surface area contributed by atoms with E-state index in [2.05, 4.69) is 35.6 Å². The van der Waals surface area contributed by atoms with Gasteiger partial charge in [-0.05, 0) is 49.3 Å². The Morgan fingerprint density at radius 3 is 2.84 bits per heavy atom. The highest BCUT2D eigenvalue weighted by atomic mass is 16.5. The van der Waals surface area contributed by atoms with Crippen molar-refractivity contribution in [1.29, 1.82) is 0 Å². The molecule has 0 radical (unpaired) electrons. The third-order valence-electron chi connectivity index (χ3n) is 3.95. The van der Waals surface area contributed by atoms with Crippen molar-refractivity contribution in [3.8, 4) is 0 Å². The molecule has 1 aliphatic carbocycles. The lowest BCUT2D eigenvalue weighted by molar-refractivity contribution is 0.366. The standard InChI is InChI=1S/C16H20N2O/c1-12(17-11-16-8-9-18-19-16)14-7-6-13-4-2-3-5-15(13)10-14/h6-10,12,17H,2-5,11H2,1H3. The summed E-state index contributed by atoms with van der Waals surface area (Å²) >= 11 is 0. The lowest BCUT2D eigenvalue weighted by Gasteiger charge is -2.19. The van der Waals surface area contributed by atoms with E-state index in [-0.39, 0.29) is 0 Å². The monoisotopic (exact) mass is 256 g/mol. The quantitative estimate of drug-likeness (QED) is 0.911. The van der Waals surface area contributed by atoms with Crippen molar-refractivity contribution in [2.24, 2.45) is 0 Å². The van der Waals surface area contributed by atoms with E-state index < -0.39 is 0 Å². The fourth-order valence-corrected chi connectivity index (χ4v) is 2.73. The molecule has 2 aromatic rings. The maximum Gasteiger partial charge on any atom is 0.150 e. The Morgan fingerprint density at radius 2 is 2.05 bits per heavy atom. The van der Waals surface area contributed by atoms with Crippen molar-refractivity contribution in [2.75, 3.05) is 0 Å². The van der Waals surface area contributed by atoms with E-state index in [4.69, 9.17) is 4.52 Å². The first-order valence-electron chi connectivity index (χ1n) is 7.07. The summed E-state index contributed by atoms with van der Waals surface area (Å²) in [4.78, 5) is 0. The second kappa shape index (κ2) is 5.57. The molecule has 0 saturated heterocycles. The van der Waals surface area contributed by atoms with Crippen LogP contribution in [0.4, 0.5) is 0 Å². The molecule has 3 heteroatoms. The highest BCUT2D eigenvalue weighted by Gasteiger charge is 2.12. The van der Waals surface area contributed by atoms with Gasteiger partial charge in [-0.1, -0.05) is 23.4 Å². The summed E-state index contributed by atoms with van der Waals surface area (Å²) in [5.74, 6) is 0.879. The van der Waals surface area contributed by atoms with E-state index in [0.717, 1.165) is 12.3 Å². The Balaban J connectivity index is 1.67. The van der Waals surface area contributed by atoms with Crippen molar-refractivity contribution >= 4 is 0 Å². The van der Waals surface area contributed by atoms with Crippen molar-refractivity contribution in [3.63, 3.8) is 0 Å². The lowest BCUT2D eigenvalue weighted by atomic mass is 9.89. The van der Waals surface area contributed by atoms with Gasteiger partial charge in [0.1, 0.15) is 5.76 Å². The van der Waals surface area contributed by atoms with Gasteiger partial charge < -0.3 is 9.84 Å². The van der Waals surface area contributed by atoms with E-state index in [1.165, 1.54) is 42.4 Å². The molecule has 3 rings (SSSR count). The van der Waals surface area contributed by atoms with Gasteiger partial charge in [0, 0.05) is 12.1 Å². The number of fused-ring (bicyclic) bond motifs is 1. The minimum Gasteiger partial charge on any atom is -0.360 e. The van der Waals surface area contributed by atoms with Gasteiger partial charge in [-0.3, -0.25) is 0 Å². The molecular weight excluding hydrogens is 236 g/mol. The number of hydrogen-bond acceptors (Lipinski definition) is 3. The highest BCUT2D eigenvalue weighted by Crippen LogP contribution is 2.24. The highest BCUT2D eigenvalue weighted by molar-refractivity contribution is 5.35. The number of aromatic nitrogens is 1. The van der Waals surface area contributed by atoms with Crippen LogP contribution < -0.4 is 5.32 Å². The van der Waals surface area contributed by atoms with Crippen LogP contribution in [0.25, 0.3) is 0 Å². The minimum absolute atomic E-state index is 0.331. The number of nitrogens with zero attached hydrogens (tertiary/aromatic N) is 1. The van der Waals surface area contributed by atoms with Crippen molar-refractivity contribution in [3.05, 3.63) is 52.9 Å². The molecule has 1 unspecified atom stereocenters. The second-order valence-corrected chi connectivity index (χ2v) is 5.32. The first-order chi connectivity index (χ1) is 9.33. The van der Waals surface area contributed by atoms with Gasteiger partial charge in [0.2, 0.25) is 0 Å². The molecule has 1 aromatic heterocycles. The summed E-state index contributed by atoms with van der Waals surface area (Å²) in [6.45, 7) is 2.92. The van der Waals surface area contributed by atoms with Gasteiger partial charge >= 0.3 is 0 Å². The zero-order valence-corrected chi connectivity index (χ0v) is 11.4. The predicted molar refractivity (Wildman–Crippen MR) is 74.8 cm³/mol. The molecule has 1 aromatic carbocycles.